The van der Waals surface area contributed by atoms with E-state index in [1.807, 2.05) is 0 Å². The van der Waals surface area contributed by atoms with Crippen LogP contribution in [0.15, 0.2) is 58.3 Å². The molecule has 0 radical (unpaired) electrons. The second-order valence-electron chi connectivity index (χ2n) is 4.78. The molecule has 0 bridgehead atoms. The monoisotopic (exact) mass is 323 g/mol. The maximum Gasteiger partial charge on any atom is 0.241 e. The molecule has 0 aliphatic carbocycles. The Kier molecular flexibility index (Phi) is 4.01. The third-order valence-corrected chi connectivity index (χ3v) is 6.02. The lowest BCUT2D eigenvalue weighted by atomic mass is 10.0. The minimum Gasteiger partial charge on any atom is -0.207 e. The molecule has 2 aromatic rings. The highest BCUT2D eigenvalue weighted by molar-refractivity contribution is 7.99. The Morgan fingerprint density at radius 3 is 2.62 bits per heavy atom. The first-order valence-corrected chi connectivity index (χ1v) is 9.03. The molecule has 21 heavy (non-hydrogen) atoms. The van der Waals surface area contributed by atoms with Crippen LogP contribution in [0, 0.1) is 5.82 Å². The number of thioether (sulfide) groups is 1. The molecular weight excluding hydrogens is 309 g/mol. The van der Waals surface area contributed by atoms with Crippen LogP contribution in [0.4, 0.5) is 4.39 Å². The molecule has 1 heterocycles. The van der Waals surface area contributed by atoms with Crippen LogP contribution in [0.5, 0.6) is 0 Å². The van der Waals surface area contributed by atoms with E-state index >= 15 is 0 Å². The first kappa shape index (κ1) is 14.6. The predicted octanol–water partition coefficient (Wildman–Crippen LogP) is 3.34. The third kappa shape index (κ3) is 2.97. The average molecular weight is 323 g/mol. The number of halogens is 1. The van der Waals surface area contributed by atoms with Gasteiger partial charge in [0, 0.05) is 10.9 Å². The largest absolute Gasteiger partial charge is 0.241 e. The van der Waals surface area contributed by atoms with Gasteiger partial charge in [0.2, 0.25) is 10.0 Å². The number of rotatable bonds is 3. The molecule has 0 unspecified atom stereocenters. The summed E-state index contributed by atoms with van der Waals surface area (Å²) in [6.07, 6.45) is 0.646. The Bertz CT molecular complexity index is 748. The first-order chi connectivity index (χ1) is 10.1. The predicted molar refractivity (Wildman–Crippen MR) is 81.2 cm³/mol. The second kappa shape index (κ2) is 5.79. The number of hydrogen-bond acceptors (Lipinski definition) is 3. The standard InChI is InChI=1S/C15H14FNO2S2/c16-13-8-4-7-12-14(9-10-20-15(12)13)17-21(18,19)11-5-2-1-3-6-11/h1-8,14,17H,9-10H2/t14-/m1/s1. The van der Waals surface area contributed by atoms with E-state index in [2.05, 4.69) is 4.72 Å². The Labute approximate surface area is 127 Å². The number of fused-ring (bicyclic) bond motifs is 1. The van der Waals surface area contributed by atoms with Gasteiger partial charge in [0.15, 0.2) is 0 Å². The van der Waals surface area contributed by atoms with Gasteiger partial charge in [-0.15, -0.1) is 11.8 Å². The fraction of sp³-hybridized carbons (Fsp3) is 0.200. The Balaban J connectivity index is 1.93. The van der Waals surface area contributed by atoms with Crippen molar-refractivity contribution in [2.24, 2.45) is 0 Å². The molecule has 1 aliphatic heterocycles. The van der Waals surface area contributed by atoms with Gasteiger partial charge in [0.05, 0.1) is 4.90 Å². The number of hydrogen-bond donors (Lipinski definition) is 1. The van der Waals surface area contributed by atoms with Gasteiger partial charge in [0.1, 0.15) is 5.82 Å². The average Bonchev–Trinajstić information content (AvgIpc) is 2.49. The van der Waals surface area contributed by atoms with Crippen LogP contribution in [-0.2, 0) is 10.0 Å². The van der Waals surface area contributed by atoms with E-state index in [0.29, 0.717) is 22.6 Å². The lowest BCUT2D eigenvalue weighted by molar-refractivity contribution is 0.533. The van der Waals surface area contributed by atoms with Gasteiger partial charge < -0.3 is 0 Å². The molecule has 0 saturated carbocycles. The molecule has 1 atom stereocenters. The fourth-order valence-electron chi connectivity index (χ4n) is 2.36. The van der Waals surface area contributed by atoms with Crippen molar-refractivity contribution in [2.75, 3.05) is 5.75 Å². The van der Waals surface area contributed by atoms with Crippen LogP contribution in [0.3, 0.4) is 0 Å². The van der Waals surface area contributed by atoms with Gasteiger partial charge in [-0.25, -0.2) is 17.5 Å². The van der Waals surface area contributed by atoms with Crippen LogP contribution >= 0.6 is 11.8 Å². The fourth-order valence-corrected chi connectivity index (χ4v) is 4.78. The van der Waals surface area contributed by atoms with E-state index in [4.69, 9.17) is 0 Å². The van der Waals surface area contributed by atoms with Gasteiger partial charge in [-0.3, -0.25) is 0 Å². The second-order valence-corrected chi connectivity index (χ2v) is 7.60. The van der Waals surface area contributed by atoms with Crippen LogP contribution in [-0.4, -0.2) is 14.2 Å². The molecule has 0 saturated heterocycles. The lowest BCUT2D eigenvalue weighted by Crippen LogP contribution is -2.31. The van der Waals surface area contributed by atoms with E-state index in [9.17, 15) is 12.8 Å². The van der Waals surface area contributed by atoms with Crippen molar-refractivity contribution < 1.29 is 12.8 Å². The van der Waals surface area contributed by atoms with E-state index in [1.165, 1.54) is 17.8 Å². The minimum absolute atomic E-state index is 0.223. The quantitative estimate of drug-likeness (QED) is 0.942. The van der Waals surface area contributed by atoms with Crippen LogP contribution < -0.4 is 4.72 Å². The maximum absolute atomic E-state index is 13.8. The Morgan fingerprint density at radius 1 is 1.10 bits per heavy atom. The highest BCUT2D eigenvalue weighted by Crippen LogP contribution is 2.38. The third-order valence-electron chi connectivity index (χ3n) is 3.38. The van der Waals surface area contributed by atoms with Crippen molar-refractivity contribution in [3.05, 3.63) is 59.9 Å². The topological polar surface area (TPSA) is 46.2 Å². The normalized spacial score (nSPS) is 18.2. The smallest absolute Gasteiger partial charge is 0.207 e. The molecule has 3 nitrogen and oxygen atoms in total. The molecule has 1 N–H and O–H groups in total. The Morgan fingerprint density at radius 2 is 1.86 bits per heavy atom. The highest BCUT2D eigenvalue weighted by Gasteiger charge is 2.27. The highest BCUT2D eigenvalue weighted by atomic mass is 32.2. The van der Waals surface area contributed by atoms with Crippen LogP contribution in [0.1, 0.15) is 18.0 Å². The van der Waals surface area contributed by atoms with Crippen LogP contribution in [0.25, 0.3) is 0 Å². The SMILES string of the molecule is O=S(=O)(N[C@@H]1CCSc2c(F)cccc21)c1ccccc1. The van der Waals surface area contributed by atoms with E-state index < -0.39 is 10.0 Å². The summed E-state index contributed by atoms with van der Waals surface area (Å²) in [6, 6.07) is 12.6. The summed E-state index contributed by atoms with van der Waals surface area (Å²) < 4.78 is 41.3. The molecule has 0 fully saturated rings. The van der Waals surface area contributed by atoms with Crippen molar-refractivity contribution >= 4 is 21.8 Å². The molecule has 0 spiro atoms. The van der Waals surface area contributed by atoms with E-state index in [0.717, 1.165) is 0 Å². The van der Waals surface area contributed by atoms with Crippen molar-refractivity contribution in [1.29, 1.82) is 0 Å². The zero-order valence-electron chi connectivity index (χ0n) is 11.1. The first-order valence-electron chi connectivity index (χ1n) is 6.56. The number of sulfonamides is 1. The van der Waals surface area contributed by atoms with E-state index in [-0.39, 0.29) is 16.8 Å². The van der Waals surface area contributed by atoms with Gasteiger partial charge in [-0.2, -0.15) is 0 Å². The van der Waals surface area contributed by atoms with Crippen LogP contribution in [0.2, 0.25) is 0 Å². The molecule has 0 aromatic heterocycles. The summed E-state index contributed by atoms with van der Waals surface area (Å²) in [5.41, 5.74) is 0.714. The lowest BCUT2D eigenvalue weighted by Gasteiger charge is -2.26. The van der Waals surface area contributed by atoms with Crippen molar-refractivity contribution in [1.82, 2.24) is 4.72 Å². The van der Waals surface area contributed by atoms with Gasteiger partial charge in [-0.05, 0) is 35.9 Å². The zero-order valence-corrected chi connectivity index (χ0v) is 12.8. The minimum atomic E-state index is -3.60. The molecule has 0 amide bonds. The van der Waals surface area contributed by atoms with Crippen molar-refractivity contribution in [2.45, 2.75) is 22.3 Å². The summed E-state index contributed by atoms with van der Waals surface area (Å²) in [4.78, 5) is 0.769. The summed E-state index contributed by atoms with van der Waals surface area (Å²) in [5.74, 6) is 0.400. The molecule has 6 heteroatoms. The van der Waals surface area contributed by atoms with Crippen molar-refractivity contribution in [3.8, 4) is 0 Å². The summed E-state index contributed by atoms with van der Waals surface area (Å²) in [7, 11) is -3.60. The number of nitrogens with one attached hydrogen (secondary N) is 1. The Hall–Kier alpha value is -1.37. The maximum atomic E-state index is 13.8. The molecular formula is C15H14FNO2S2. The van der Waals surface area contributed by atoms with E-state index in [1.54, 1.807) is 42.5 Å². The molecule has 110 valence electrons. The zero-order chi connectivity index (χ0) is 14.9. The molecule has 2 aromatic carbocycles. The van der Waals surface area contributed by atoms with Gasteiger partial charge in [-0.1, -0.05) is 30.3 Å². The summed E-state index contributed by atoms with van der Waals surface area (Å²) in [5, 5.41) is 0. The van der Waals surface area contributed by atoms with Gasteiger partial charge >= 0.3 is 0 Å². The molecule has 1 aliphatic rings. The summed E-state index contributed by atoms with van der Waals surface area (Å²) in [6.45, 7) is 0. The van der Waals surface area contributed by atoms with Crippen molar-refractivity contribution in [3.63, 3.8) is 0 Å². The summed E-state index contributed by atoms with van der Waals surface area (Å²) >= 11 is 1.43. The van der Waals surface area contributed by atoms with Gasteiger partial charge in [0.25, 0.3) is 0 Å². The number of benzene rings is 2. The molecule has 3 rings (SSSR count).